The van der Waals surface area contributed by atoms with Crippen LogP contribution in [0.3, 0.4) is 0 Å². The highest BCUT2D eigenvalue weighted by atomic mass is 16.7. The van der Waals surface area contributed by atoms with Crippen LogP contribution in [0, 0.1) is 28.6 Å². The fraction of sp³-hybridized carbons (Fsp3) is 0.643. The van der Waals surface area contributed by atoms with Crippen molar-refractivity contribution >= 4 is 11.9 Å². The number of aliphatic hydroxyl groups excluding tert-OH is 1. The minimum Gasteiger partial charge on any atom is -0.453 e. The van der Waals surface area contributed by atoms with Crippen LogP contribution >= 0.6 is 0 Å². The molecule has 7 heteroatoms. The summed E-state index contributed by atoms with van der Waals surface area (Å²) in [6, 6.07) is 8.65. The summed E-state index contributed by atoms with van der Waals surface area (Å²) in [7, 11) is 1.53. The molecule has 1 aromatic rings. The van der Waals surface area contributed by atoms with E-state index in [9.17, 15) is 19.8 Å². The molecule has 0 unspecified atom stereocenters. The molecular weight excluding hydrogens is 448 g/mol. The summed E-state index contributed by atoms with van der Waals surface area (Å²) in [6.07, 6.45) is 1.85. The third-order valence-corrected chi connectivity index (χ3v) is 9.91. The van der Waals surface area contributed by atoms with E-state index in [0.717, 1.165) is 12.8 Å². The molecule has 35 heavy (non-hydrogen) atoms. The molecular formula is C28H36O7. The molecule has 1 heterocycles. The molecule has 3 aliphatic carbocycles. The van der Waals surface area contributed by atoms with Crippen molar-refractivity contribution in [2.45, 2.75) is 77.0 Å². The Morgan fingerprint density at radius 3 is 2.49 bits per heavy atom. The van der Waals surface area contributed by atoms with E-state index in [1.807, 2.05) is 33.8 Å². The third kappa shape index (κ3) is 3.14. The van der Waals surface area contributed by atoms with Crippen molar-refractivity contribution < 1.29 is 34.0 Å². The second-order valence-electron chi connectivity index (χ2n) is 11.8. The number of benzene rings is 1. The fourth-order valence-corrected chi connectivity index (χ4v) is 8.13. The lowest BCUT2D eigenvalue weighted by molar-refractivity contribution is -0.330. The van der Waals surface area contributed by atoms with Gasteiger partial charge in [0.25, 0.3) is 0 Å². The largest absolute Gasteiger partial charge is 0.453 e. The van der Waals surface area contributed by atoms with E-state index in [0.29, 0.717) is 24.0 Å². The number of ether oxygens (including phenoxy) is 3. The maximum absolute atomic E-state index is 13.2. The van der Waals surface area contributed by atoms with Crippen LogP contribution in [-0.2, 0) is 19.0 Å². The lowest BCUT2D eigenvalue weighted by Crippen LogP contribution is -2.77. The molecule has 1 aliphatic heterocycles. The second-order valence-corrected chi connectivity index (χ2v) is 11.8. The zero-order valence-electron chi connectivity index (χ0n) is 21.1. The molecule has 4 aliphatic rings. The van der Waals surface area contributed by atoms with Gasteiger partial charge in [-0.05, 0) is 48.1 Å². The maximum atomic E-state index is 13.2. The molecule has 0 radical (unpaired) electrons. The van der Waals surface area contributed by atoms with Crippen molar-refractivity contribution in [3.8, 4) is 0 Å². The van der Waals surface area contributed by atoms with Crippen LogP contribution in [0.15, 0.2) is 42.0 Å². The molecule has 8 atom stereocenters. The van der Waals surface area contributed by atoms with Crippen LogP contribution in [0.1, 0.15) is 63.7 Å². The smallest absolute Gasteiger partial charge is 0.338 e. The van der Waals surface area contributed by atoms with Gasteiger partial charge in [0.2, 0.25) is 5.79 Å². The quantitative estimate of drug-likeness (QED) is 0.632. The molecule has 3 fully saturated rings. The molecule has 1 aromatic carbocycles. The van der Waals surface area contributed by atoms with Gasteiger partial charge >= 0.3 is 11.9 Å². The zero-order valence-corrected chi connectivity index (χ0v) is 21.1. The van der Waals surface area contributed by atoms with Gasteiger partial charge in [0, 0.05) is 30.6 Å². The summed E-state index contributed by atoms with van der Waals surface area (Å²) in [5.74, 6) is -3.09. The number of rotatable bonds is 3. The molecule has 0 amide bonds. The minimum absolute atomic E-state index is 0.230. The molecule has 0 bridgehead atoms. The normalized spacial score (nSPS) is 43.8. The van der Waals surface area contributed by atoms with Gasteiger partial charge in [-0.2, -0.15) is 0 Å². The van der Waals surface area contributed by atoms with Gasteiger partial charge in [0.05, 0.1) is 11.7 Å². The van der Waals surface area contributed by atoms with Crippen LogP contribution < -0.4 is 0 Å². The lowest BCUT2D eigenvalue weighted by atomic mass is 9.39. The highest BCUT2D eigenvalue weighted by molar-refractivity contribution is 5.89. The van der Waals surface area contributed by atoms with Crippen molar-refractivity contribution in [3.05, 3.63) is 47.5 Å². The molecule has 190 valence electrons. The van der Waals surface area contributed by atoms with Gasteiger partial charge < -0.3 is 24.4 Å². The van der Waals surface area contributed by atoms with Crippen LogP contribution in [0.4, 0.5) is 0 Å². The standard InChI is InChI=1S/C28H36O7/c1-16-18-14-20(29)35-27(18,33-5)15-19-21(16)22(30)23(34-24(31)17-10-7-6-8-11-17)28(32)25(2,3)12-9-13-26(19,28)4/h6-8,10-11,14,16,19,21-23,30,32H,9,12-13,15H2,1-5H3/t16-,19-,21-,22+,23+,26+,27+,28+/m0/s1. The molecule has 3 saturated carbocycles. The molecule has 0 spiro atoms. The summed E-state index contributed by atoms with van der Waals surface area (Å²) >= 11 is 0. The van der Waals surface area contributed by atoms with Gasteiger partial charge in [0.15, 0.2) is 6.10 Å². The SMILES string of the molecule is CO[C@@]12C[C@H]3[C@@H]([C@@H](O)[C@@H](OC(=O)c4ccccc4)[C@@]4(O)C(C)(C)CCC[C@]34C)[C@@H](C)C1=CC(=O)O2. The summed E-state index contributed by atoms with van der Waals surface area (Å²) in [5, 5.41) is 24.6. The van der Waals surface area contributed by atoms with E-state index in [2.05, 4.69) is 0 Å². The summed E-state index contributed by atoms with van der Waals surface area (Å²) < 4.78 is 17.6. The number of hydrogen-bond donors (Lipinski definition) is 2. The highest BCUT2D eigenvalue weighted by Gasteiger charge is 2.75. The molecule has 2 N–H and O–H groups in total. The first kappa shape index (κ1) is 24.5. The second kappa shape index (κ2) is 7.89. The average molecular weight is 485 g/mol. The molecule has 0 aromatic heterocycles. The highest BCUT2D eigenvalue weighted by Crippen LogP contribution is 2.69. The summed E-state index contributed by atoms with van der Waals surface area (Å²) in [4.78, 5) is 25.6. The number of hydrogen-bond acceptors (Lipinski definition) is 7. The average Bonchev–Trinajstić information content (AvgIpc) is 3.17. The van der Waals surface area contributed by atoms with Crippen molar-refractivity contribution in [2.24, 2.45) is 28.6 Å². The van der Waals surface area contributed by atoms with Crippen molar-refractivity contribution in [1.82, 2.24) is 0 Å². The first-order valence-electron chi connectivity index (χ1n) is 12.6. The van der Waals surface area contributed by atoms with E-state index in [1.54, 1.807) is 24.3 Å². The van der Waals surface area contributed by atoms with Crippen molar-refractivity contribution in [3.63, 3.8) is 0 Å². The zero-order chi connectivity index (χ0) is 25.4. The topological polar surface area (TPSA) is 102 Å². The predicted octanol–water partition coefficient (Wildman–Crippen LogP) is 3.63. The fourth-order valence-electron chi connectivity index (χ4n) is 8.13. The van der Waals surface area contributed by atoms with Crippen LogP contribution in [-0.4, -0.2) is 52.9 Å². The lowest BCUT2D eigenvalue weighted by Gasteiger charge is -2.69. The van der Waals surface area contributed by atoms with Gasteiger partial charge in [-0.15, -0.1) is 0 Å². The number of aliphatic hydroxyl groups is 2. The Morgan fingerprint density at radius 1 is 1.14 bits per heavy atom. The summed E-state index contributed by atoms with van der Waals surface area (Å²) in [5.41, 5.74) is -1.81. The Morgan fingerprint density at radius 2 is 1.83 bits per heavy atom. The van der Waals surface area contributed by atoms with Gasteiger partial charge in [-0.3, -0.25) is 0 Å². The minimum atomic E-state index is -1.51. The van der Waals surface area contributed by atoms with E-state index < -0.39 is 46.4 Å². The molecule has 0 saturated heterocycles. The number of carbonyl (C=O) groups excluding carboxylic acids is 2. The molecule has 5 rings (SSSR count). The Hall–Kier alpha value is -2.22. The maximum Gasteiger partial charge on any atom is 0.338 e. The number of methoxy groups -OCH3 is 1. The Balaban J connectivity index is 1.64. The van der Waals surface area contributed by atoms with Crippen LogP contribution in [0.2, 0.25) is 0 Å². The number of esters is 2. The monoisotopic (exact) mass is 484 g/mol. The van der Waals surface area contributed by atoms with Crippen molar-refractivity contribution in [2.75, 3.05) is 7.11 Å². The van der Waals surface area contributed by atoms with Crippen LogP contribution in [0.25, 0.3) is 0 Å². The van der Waals surface area contributed by atoms with E-state index in [4.69, 9.17) is 14.2 Å². The Labute approximate surface area is 206 Å². The number of fused-ring (bicyclic) bond motifs is 4. The van der Waals surface area contributed by atoms with Gasteiger partial charge in [-0.1, -0.05) is 52.3 Å². The Kier molecular flexibility index (Phi) is 5.52. The first-order chi connectivity index (χ1) is 16.4. The van der Waals surface area contributed by atoms with Crippen LogP contribution in [0.5, 0.6) is 0 Å². The van der Waals surface area contributed by atoms with E-state index in [-0.39, 0.29) is 17.8 Å². The van der Waals surface area contributed by atoms with Gasteiger partial charge in [-0.25, -0.2) is 9.59 Å². The predicted molar refractivity (Wildman–Crippen MR) is 127 cm³/mol. The third-order valence-electron chi connectivity index (χ3n) is 9.91. The summed E-state index contributed by atoms with van der Waals surface area (Å²) in [6.45, 7) is 7.97. The van der Waals surface area contributed by atoms with E-state index >= 15 is 0 Å². The van der Waals surface area contributed by atoms with Gasteiger partial charge in [0.1, 0.15) is 5.60 Å². The Bertz CT molecular complexity index is 1060. The molecule has 7 nitrogen and oxygen atoms in total. The first-order valence-corrected chi connectivity index (χ1v) is 12.6. The van der Waals surface area contributed by atoms with E-state index in [1.165, 1.54) is 13.2 Å². The van der Waals surface area contributed by atoms with Crippen molar-refractivity contribution in [1.29, 1.82) is 0 Å². The number of carbonyl (C=O) groups is 2.